The van der Waals surface area contributed by atoms with Crippen LogP contribution in [0.1, 0.15) is 22.7 Å². The van der Waals surface area contributed by atoms with Gasteiger partial charge in [-0.1, -0.05) is 60.7 Å². The van der Waals surface area contributed by atoms with Crippen molar-refractivity contribution in [2.75, 3.05) is 7.05 Å². The number of hydrogen-bond donors (Lipinski definition) is 0. The number of likely N-dealkylation sites (N-methyl/N-ethyl adjacent to an activating group) is 1. The first-order valence-electron chi connectivity index (χ1n) is 8.75. The molecule has 0 heterocycles. The number of hydrogen-bond acceptors (Lipinski definition) is 3. The second-order valence-corrected chi connectivity index (χ2v) is 6.43. The Morgan fingerprint density at radius 3 is 2.18 bits per heavy atom. The third-order valence-electron chi connectivity index (χ3n) is 4.61. The molecule has 3 rings (SSSR count). The Labute approximate surface area is 162 Å². The van der Waals surface area contributed by atoms with Crippen LogP contribution in [0.4, 0.5) is 10.1 Å². The quantitative estimate of drug-likeness (QED) is 0.468. The molecule has 0 spiro atoms. The molecule has 0 aliphatic rings. The van der Waals surface area contributed by atoms with Crippen LogP contribution in [0.15, 0.2) is 78.9 Å². The number of carbonyl (C=O) groups excluding carboxylic acids is 1. The first-order chi connectivity index (χ1) is 13.5. The van der Waals surface area contributed by atoms with E-state index in [4.69, 9.17) is 0 Å². The van der Waals surface area contributed by atoms with E-state index in [1.54, 1.807) is 42.3 Å². The molecule has 1 amide bonds. The molecule has 1 unspecified atom stereocenters. The number of amides is 1. The highest BCUT2D eigenvalue weighted by Crippen LogP contribution is 2.29. The molecule has 142 valence electrons. The van der Waals surface area contributed by atoms with E-state index in [1.165, 1.54) is 18.2 Å². The summed E-state index contributed by atoms with van der Waals surface area (Å²) in [7, 11) is 1.65. The number of rotatable bonds is 6. The first-order valence-corrected chi connectivity index (χ1v) is 8.75. The molecule has 5 nitrogen and oxygen atoms in total. The number of carbonyl (C=O) groups is 1. The Morgan fingerprint density at radius 2 is 1.54 bits per heavy atom. The van der Waals surface area contributed by atoms with Gasteiger partial charge in [-0.2, -0.15) is 0 Å². The number of nitrogens with zero attached hydrogens (tertiary/aromatic N) is 2. The van der Waals surface area contributed by atoms with Crippen LogP contribution in [0.2, 0.25) is 0 Å². The molecule has 0 fully saturated rings. The highest BCUT2D eigenvalue weighted by Gasteiger charge is 2.25. The predicted octanol–water partition coefficient (Wildman–Crippen LogP) is 4.52. The van der Waals surface area contributed by atoms with Crippen molar-refractivity contribution in [3.05, 3.63) is 111 Å². The fraction of sp³-hybridized carbons (Fsp3) is 0.136. The zero-order valence-electron chi connectivity index (χ0n) is 15.3. The van der Waals surface area contributed by atoms with Gasteiger partial charge in [0.15, 0.2) is 0 Å². The minimum atomic E-state index is -0.489. The number of halogens is 1. The number of nitro groups is 1. The van der Waals surface area contributed by atoms with E-state index in [0.717, 1.165) is 11.1 Å². The maximum absolute atomic E-state index is 13.4. The monoisotopic (exact) mass is 378 g/mol. The van der Waals surface area contributed by atoms with Crippen LogP contribution < -0.4 is 0 Å². The van der Waals surface area contributed by atoms with Gasteiger partial charge in [-0.05, 0) is 23.3 Å². The maximum Gasteiger partial charge on any atom is 0.273 e. The molecule has 0 bridgehead atoms. The molecule has 0 radical (unpaired) electrons. The average Bonchev–Trinajstić information content (AvgIpc) is 2.70. The van der Waals surface area contributed by atoms with E-state index in [9.17, 15) is 19.3 Å². The van der Waals surface area contributed by atoms with Gasteiger partial charge in [0.25, 0.3) is 5.69 Å². The van der Waals surface area contributed by atoms with E-state index in [2.05, 4.69) is 0 Å². The highest BCUT2D eigenvalue weighted by atomic mass is 19.1. The van der Waals surface area contributed by atoms with Crippen LogP contribution >= 0.6 is 0 Å². The molecule has 0 N–H and O–H groups in total. The molecule has 3 aromatic carbocycles. The van der Waals surface area contributed by atoms with Crippen molar-refractivity contribution in [2.24, 2.45) is 0 Å². The lowest BCUT2D eigenvalue weighted by atomic mass is 9.96. The van der Waals surface area contributed by atoms with Crippen LogP contribution in [-0.2, 0) is 11.2 Å². The number of para-hydroxylation sites is 1. The second-order valence-electron chi connectivity index (χ2n) is 6.43. The second kappa shape index (κ2) is 8.43. The van der Waals surface area contributed by atoms with E-state index >= 15 is 0 Å². The summed E-state index contributed by atoms with van der Waals surface area (Å²) >= 11 is 0. The molecule has 28 heavy (non-hydrogen) atoms. The summed E-state index contributed by atoms with van der Waals surface area (Å²) in [6.07, 6.45) is -0.0990. The lowest BCUT2D eigenvalue weighted by Gasteiger charge is -2.29. The van der Waals surface area contributed by atoms with E-state index in [-0.39, 0.29) is 23.8 Å². The minimum absolute atomic E-state index is 0.0812. The topological polar surface area (TPSA) is 63.5 Å². The molecule has 1 atom stereocenters. The standard InChI is InChI=1S/C22H19FN2O3/c1-24(21(26)15-18-9-5-6-10-20(18)25(27)28)22(16-7-3-2-4-8-16)17-11-13-19(23)14-12-17/h2-14,22H,15H2,1H3. The van der Waals surface area contributed by atoms with Crippen molar-refractivity contribution < 1.29 is 14.1 Å². The Kier molecular flexibility index (Phi) is 5.79. The Morgan fingerprint density at radius 1 is 0.964 bits per heavy atom. The smallest absolute Gasteiger partial charge is 0.273 e. The van der Waals surface area contributed by atoms with Gasteiger partial charge in [0.1, 0.15) is 5.82 Å². The summed E-state index contributed by atoms with van der Waals surface area (Å²) in [5.41, 5.74) is 1.90. The fourth-order valence-electron chi connectivity index (χ4n) is 3.19. The lowest BCUT2D eigenvalue weighted by molar-refractivity contribution is -0.385. The normalized spacial score (nSPS) is 11.6. The Hall–Kier alpha value is -3.54. The van der Waals surface area contributed by atoms with Crippen LogP contribution in [0.25, 0.3) is 0 Å². The number of nitro benzene ring substituents is 1. The highest BCUT2D eigenvalue weighted by molar-refractivity contribution is 5.80. The molecule has 0 saturated carbocycles. The van der Waals surface area contributed by atoms with Crippen molar-refractivity contribution in [3.63, 3.8) is 0 Å². The molecule has 6 heteroatoms. The van der Waals surface area contributed by atoms with Crippen molar-refractivity contribution in [2.45, 2.75) is 12.5 Å². The van der Waals surface area contributed by atoms with E-state index < -0.39 is 11.0 Å². The SMILES string of the molecule is CN(C(=O)Cc1ccccc1[N+](=O)[O-])C(c1ccccc1)c1ccc(F)cc1. The summed E-state index contributed by atoms with van der Waals surface area (Å²) in [4.78, 5) is 25.3. The van der Waals surface area contributed by atoms with Crippen molar-refractivity contribution in [1.29, 1.82) is 0 Å². The van der Waals surface area contributed by atoms with Gasteiger partial charge in [0, 0.05) is 18.7 Å². The third kappa shape index (κ3) is 4.23. The summed E-state index contributed by atoms with van der Waals surface area (Å²) in [6.45, 7) is 0. The molecule has 0 aliphatic heterocycles. The zero-order valence-corrected chi connectivity index (χ0v) is 15.3. The molecular formula is C22H19FN2O3. The van der Waals surface area contributed by atoms with Crippen molar-refractivity contribution >= 4 is 11.6 Å². The van der Waals surface area contributed by atoms with Gasteiger partial charge in [0.2, 0.25) is 5.91 Å². The van der Waals surface area contributed by atoms with Crippen LogP contribution in [0.3, 0.4) is 0 Å². The summed E-state index contributed by atoms with van der Waals surface area (Å²) in [5.74, 6) is -0.628. The van der Waals surface area contributed by atoms with Crippen LogP contribution in [0.5, 0.6) is 0 Å². The van der Waals surface area contributed by atoms with Gasteiger partial charge < -0.3 is 4.90 Å². The van der Waals surface area contributed by atoms with Gasteiger partial charge in [-0.15, -0.1) is 0 Å². The zero-order chi connectivity index (χ0) is 20.1. The summed E-state index contributed by atoms with van der Waals surface area (Å²) in [5, 5.41) is 11.2. The largest absolute Gasteiger partial charge is 0.334 e. The number of benzene rings is 3. The third-order valence-corrected chi connectivity index (χ3v) is 4.61. The van der Waals surface area contributed by atoms with Crippen LogP contribution in [0, 0.1) is 15.9 Å². The fourth-order valence-corrected chi connectivity index (χ4v) is 3.19. The molecular weight excluding hydrogens is 359 g/mol. The van der Waals surface area contributed by atoms with Gasteiger partial charge >= 0.3 is 0 Å². The van der Waals surface area contributed by atoms with Gasteiger partial charge in [0.05, 0.1) is 17.4 Å². The van der Waals surface area contributed by atoms with Crippen molar-refractivity contribution in [1.82, 2.24) is 4.90 Å². The van der Waals surface area contributed by atoms with Crippen molar-refractivity contribution in [3.8, 4) is 0 Å². The molecule has 0 aliphatic carbocycles. The first kappa shape index (κ1) is 19.2. The average molecular weight is 378 g/mol. The van der Waals surface area contributed by atoms with E-state index in [1.807, 2.05) is 30.3 Å². The van der Waals surface area contributed by atoms with Gasteiger partial charge in [-0.3, -0.25) is 14.9 Å². The van der Waals surface area contributed by atoms with E-state index in [0.29, 0.717) is 5.56 Å². The minimum Gasteiger partial charge on any atom is -0.334 e. The maximum atomic E-state index is 13.4. The predicted molar refractivity (Wildman–Crippen MR) is 104 cm³/mol. The Balaban J connectivity index is 1.93. The molecule has 0 saturated heterocycles. The molecule has 3 aromatic rings. The lowest BCUT2D eigenvalue weighted by Crippen LogP contribution is -2.33. The summed E-state index contributed by atoms with van der Waals surface area (Å²) in [6, 6.07) is 21.2. The summed E-state index contributed by atoms with van der Waals surface area (Å²) < 4.78 is 13.4. The van der Waals surface area contributed by atoms with Crippen LogP contribution in [-0.4, -0.2) is 22.8 Å². The van der Waals surface area contributed by atoms with Gasteiger partial charge in [-0.25, -0.2) is 4.39 Å². The Bertz CT molecular complexity index is 975. The molecule has 0 aromatic heterocycles.